The highest BCUT2D eigenvalue weighted by atomic mass is 32.1. The minimum atomic E-state index is 0.793. The van der Waals surface area contributed by atoms with Gasteiger partial charge in [0.05, 0.1) is 18.2 Å². The molecule has 0 saturated carbocycles. The highest BCUT2D eigenvalue weighted by molar-refractivity contribution is 7.14. The summed E-state index contributed by atoms with van der Waals surface area (Å²) in [5.74, 6) is 0.989. The van der Waals surface area contributed by atoms with Gasteiger partial charge in [-0.3, -0.25) is 4.99 Å². The van der Waals surface area contributed by atoms with Crippen molar-refractivity contribution in [1.29, 1.82) is 0 Å². The van der Waals surface area contributed by atoms with Crippen molar-refractivity contribution in [3.8, 4) is 0 Å². The normalized spacial score (nSPS) is 18.5. The fraction of sp³-hybridized carbons (Fsp3) is 0.476. The van der Waals surface area contributed by atoms with E-state index in [-0.39, 0.29) is 0 Å². The molecule has 0 spiro atoms. The predicted molar refractivity (Wildman–Crippen MR) is 118 cm³/mol. The second kappa shape index (κ2) is 9.30. The van der Waals surface area contributed by atoms with Gasteiger partial charge in [-0.25, -0.2) is 0 Å². The number of aliphatic imine (C=N–C) groups is 1. The molecule has 1 aromatic carbocycles. The smallest absolute Gasteiger partial charge is 0.194 e. The Hall–Kier alpha value is -2.25. The maximum absolute atomic E-state index is 5.44. The summed E-state index contributed by atoms with van der Waals surface area (Å²) in [6, 6.07) is 13.2. The Balaban J connectivity index is 1.27. The Kier molecular flexibility index (Phi) is 6.34. The Morgan fingerprint density at radius 3 is 2.39 bits per heavy atom. The van der Waals surface area contributed by atoms with Crippen molar-refractivity contribution in [2.75, 3.05) is 69.3 Å². The number of morpholine rings is 1. The zero-order chi connectivity index (χ0) is 19.2. The number of rotatable bonds is 4. The van der Waals surface area contributed by atoms with Crippen molar-refractivity contribution in [3.63, 3.8) is 0 Å². The lowest BCUT2D eigenvalue weighted by atomic mass is 10.2. The van der Waals surface area contributed by atoms with Crippen LogP contribution in [0.5, 0.6) is 0 Å². The summed E-state index contributed by atoms with van der Waals surface area (Å²) in [4.78, 5) is 11.7. The maximum atomic E-state index is 5.44. The molecule has 150 valence electrons. The van der Waals surface area contributed by atoms with Gasteiger partial charge in [-0.2, -0.15) is 0 Å². The molecule has 2 aromatic rings. The molecule has 2 saturated heterocycles. The van der Waals surface area contributed by atoms with Gasteiger partial charge in [-0.15, -0.1) is 11.3 Å². The SMILES string of the molecule is CN=C(NCc1ccc(N2CCOCC2)cc1)N1CCN(c2cccs2)CC1. The molecule has 2 aliphatic rings. The molecular formula is C21H29N5OS. The monoisotopic (exact) mass is 399 g/mol. The number of benzene rings is 1. The highest BCUT2D eigenvalue weighted by Crippen LogP contribution is 2.22. The molecule has 0 aliphatic carbocycles. The Labute approximate surface area is 171 Å². The fourth-order valence-electron chi connectivity index (χ4n) is 3.75. The first-order chi connectivity index (χ1) is 13.8. The molecule has 6 nitrogen and oxygen atoms in total. The van der Waals surface area contributed by atoms with Gasteiger partial charge < -0.3 is 24.8 Å². The van der Waals surface area contributed by atoms with Crippen LogP contribution < -0.4 is 15.1 Å². The molecule has 4 rings (SSSR count). The summed E-state index contributed by atoms with van der Waals surface area (Å²) < 4.78 is 5.44. The van der Waals surface area contributed by atoms with Crippen LogP contribution in [0.1, 0.15) is 5.56 Å². The third-order valence-corrected chi connectivity index (χ3v) is 6.30. The maximum Gasteiger partial charge on any atom is 0.194 e. The first-order valence-corrected chi connectivity index (χ1v) is 10.9. The molecule has 0 amide bonds. The van der Waals surface area contributed by atoms with Crippen LogP contribution in [0.15, 0.2) is 46.8 Å². The number of nitrogens with zero attached hydrogens (tertiary/aromatic N) is 4. The van der Waals surface area contributed by atoms with Crippen LogP contribution in [0.2, 0.25) is 0 Å². The molecule has 7 heteroatoms. The van der Waals surface area contributed by atoms with E-state index in [2.05, 4.69) is 66.8 Å². The average molecular weight is 400 g/mol. The Morgan fingerprint density at radius 1 is 1.00 bits per heavy atom. The van der Waals surface area contributed by atoms with Crippen LogP contribution in [0.4, 0.5) is 10.7 Å². The fourth-order valence-corrected chi connectivity index (χ4v) is 4.53. The molecule has 0 bridgehead atoms. The predicted octanol–water partition coefficient (Wildman–Crippen LogP) is 2.48. The second-order valence-electron chi connectivity index (χ2n) is 7.09. The van der Waals surface area contributed by atoms with Crippen molar-refractivity contribution >= 4 is 28.0 Å². The summed E-state index contributed by atoms with van der Waals surface area (Å²) in [5, 5.41) is 7.04. The number of hydrogen-bond acceptors (Lipinski definition) is 5. The van der Waals surface area contributed by atoms with E-state index in [4.69, 9.17) is 4.74 Å². The first kappa shape index (κ1) is 19.1. The minimum absolute atomic E-state index is 0.793. The number of anilines is 2. The van der Waals surface area contributed by atoms with Gasteiger partial charge in [0.15, 0.2) is 5.96 Å². The van der Waals surface area contributed by atoms with Crippen LogP contribution >= 0.6 is 11.3 Å². The standard InChI is InChI=1S/C21H29N5OS/c1-22-21(26-10-8-25(9-11-26)20-3-2-16-28-20)23-17-18-4-6-19(7-5-18)24-12-14-27-15-13-24/h2-7,16H,8-15,17H2,1H3,(H,22,23). The highest BCUT2D eigenvalue weighted by Gasteiger charge is 2.20. The number of nitrogens with one attached hydrogen (secondary N) is 1. The summed E-state index contributed by atoms with van der Waals surface area (Å²) in [5.41, 5.74) is 2.55. The zero-order valence-corrected chi connectivity index (χ0v) is 17.3. The van der Waals surface area contributed by atoms with Crippen LogP contribution in [-0.2, 0) is 11.3 Å². The van der Waals surface area contributed by atoms with Crippen LogP contribution in [0.3, 0.4) is 0 Å². The van der Waals surface area contributed by atoms with E-state index in [1.807, 2.05) is 18.4 Å². The van der Waals surface area contributed by atoms with Gasteiger partial charge in [0.25, 0.3) is 0 Å². The number of guanidine groups is 1. The molecule has 2 aliphatic heterocycles. The van der Waals surface area contributed by atoms with E-state index >= 15 is 0 Å². The Bertz CT molecular complexity index is 748. The van der Waals surface area contributed by atoms with Crippen molar-refractivity contribution in [3.05, 3.63) is 47.3 Å². The lowest BCUT2D eigenvalue weighted by Crippen LogP contribution is -2.52. The van der Waals surface area contributed by atoms with E-state index < -0.39 is 0 Å². The third kappa shape index (κ3) is 4.59. The van der Waals surface area contributed by atoms with E-state index in [0.717, 1.165) is 65.0 Å². The van der Waals surface area contributed by atoms with Gasteiger partial charge in [0.1, 0.15) is 0 Å². The molecule has 3 heterocycles. The quantitative estimate of drug-likeness (QED) is 0.632. The second-order valence-corrected chi connectivity index (χ2v) is 8.02. The Morgan fingerprint density at radius 2 is 1.75 bits per heavy atom. The van der Waals surface area contributed by atoms with Crippen molar-refractivity contribution < 1.29 is 4.74 Å². The third-order valence-electron chi connectivity index (χ3n) is 5.37. The van der Waals surface area contributed by atoms with Crippen molar-refractivity contribution in [2.45, 2.75) is 6.54 Å². The number of piperazine rings is 1. The van der Waals surface area contributed by atoms with Crippen LogP contribution in [0, 0.1) is 0 Å². The largest absolute Gasteiger partial charge is 0.378 e. The molecule has 1 aromatic heterocycles. The first-order valence-electron chi connectivity index (χ1n) is 9.99. The number of hydrogen-bond donors (Lipinski definition) is 1. The minimum Gasteiger partial charge on any atom is -0.378 e. The average Bonchev–Trinajstić information content (AvgIpc) is 3.31. The summed E-state index contributed by atoms with van der Waals surface area (Å²) >= 11 is 1.81. The topological polar surface area (TPSA) is 43.3 Å². The lowest BCUT2D eigenvalue weighted by molar-refractivity contribution is 0.122. The molecule has 2 fully saturated rings. The van der Waals surface area contributed by atoms with Gasteiger partial charge in [0.2, 0.25) is 0 Å². The summed E-state index contributed by atoms with van der Waals surface area (Å²) in [6.45, 7) is 8.44. The lowest BCUT2D eigenvalue weighted by Gasteiger charge is -2.37. The summed E-state index contributed by atoms with van der Waals surface area (Å²) in [6.07, 6.45) is 0. The van der Waals surface area contributed by atoms with Crippen LogP contribution in [0.25, 0.3) is 0 Å². The van der Waals surface area contributed by atoms with Gasteiger partial charge >= 0.3 is 0 Å². The molecule has 0 radical (unpaired) electrons. The van der Waals surface area contributed by atoms with E-state index in [9.17, 15) is 0 Å². The number of ether oxygens (including phenoxy) is 1. The van der Waals surface area contributed by atoms with E-state index in [0.29, 0.717) is 0 Å². The van der Waals surface area contributed by atoms with Crippen LogP contribution in [-0.4, -0.2) is 70.4 Å². The number of thiophene rings is 1. The van der Waals surface area contributed by atoms with E-state index in [1.54, 1.807) is 0 Å². The molecular weight excluding hydrogens is 370 g/mol. The van der Waals surface area contributed by atoms with Gasteiger partial charge in [-0.05, 0) is 35.2 Å². The molecule has 1 N–H and O–H groups in total. The zero-order valence-electron chi connectivity index (χ0n) is 16.5. The van der Waals surface area contributed by atoms with Gasteiger partial charge in [-0.1, -0.05) is 12.1 Å². The molecule has 28 heavy (non-hydrogen) atoms. The van der Waals surface area contributed by atoms with Crippen molar-refractivity contribution in [2.24, 2.45) is 4.99 Å². The molecule has 0 atom stereocenters. The molecule has 0 unspecified atom stereocenters. The van der Waals surface area contributed by atoms with Crippen molar-refractivity contribution in [1.82, 2.24) is 10.2 Å². The summed E-state index contributed by atoms with van der Waals surface area (Å²) in [7, 11) is 1.87. The van der Waals surface area contributed by atoms with Gasteiger partial charge in [0, 0.05) is 58.5 Å². The van der Waals surface area contributed by atoms with E-state index in [1.165, 1.54) is 16.3 Å².